The van der Waals surface area contributed by atoms with E-state index < -0.39 is 5.92 Å². The van der Waals surface area contributed by atoms with Crippen LogP contribution < -0.4 is 4.74 Å². The summed E-state index contributed by atoms with van der Waals surface area (Å²) in [7, 11) is 0. The van der Waals surface area contributed by atoms with Gasteiger partial charge in [0.05, 0.1) is 12.3 Å². The van der Waals surface area contributed by atoms with Gasteiger partial charge in [0, 0.05) is 16.5 Å². The van der Waals surface area contributed by atoms with E-state index in [1.807, 2.05) is 54.6 Å². The number of ketones is 2. The Morgan fingerprint density at radius 3 is 2.14 bits per heavy atom. The third kappa shape index (κ3) is 5.25. The van der Waals surface area contributed by atoms with Crippen LogP contribution in [0.15, 0.2) is 78.9 Å². The molecule has 224 valence electrons. The van der Waals surface area contributed by atoms with Gasteiger partial charge in [0.25, 0.3) is 0 Å². The number of fused-ring (bicyclic) bond motifs is 4. The Morgan fingerprint density at radius 2 is 1.43 bits per heavy atom. The van der Waals surface area contributed by atoms with Crippen molar-refractivity contribution >= 4 is 33.2 Å². The third-order valence-electron chi connectivity index (χ3n) is 8.62. The van der Waals surface area contributed by atoms with Gasteiger partial charge in [-0.3, -0.25) is 9.59 Å². The van der Waals surface area contributed by atoms with Gasteiger partial charge in [0.2, 0.25) is 0 Å². The quantitative estimate of drug-likeness (QED) is 0.159. The first-order chi connectivity index (χ1) is 20.8. The fourth-order valence-corrected chi connectivity index (χ4v) is 6.28. The second kappa shape index (κ2) is 10.9. The van der Waals surface area contributed by atoms with Crippen LogP contribution in [0.25, 0.3) is 21.7 Å². The Balaban J connectivity index is 1.24. The molecule has 6 rings (SSSR count). The number of pyridine rings is 1. The van der Waals surface area contributed by atoms with Crippen LogP contribution in [0.4, 0.5) is 0 Å². The van der Waals surface area contributed by atoms with Crippen LogP contribution in [0.1, 0.15) is 97.0 Å². The van der Waals surface area contributed by atoms with Crippen molar-refractivity contribution in [3.8, 4) is 11.5 Å². The lowest BCUT2D eigenvalue weighted by atomic mass is 9.78. The number of para-hydroxylation sites is 1. The van der Waals surface area contributed by atoms with Gasteiger partial charge in [-0.25, -0.2) is 4.98 Å². The highest BCUT2D eigenvalue weighted by Crippen LogP contribution is 2.41. The summed E-state index contributed by atoms with van der Waals surface area (Å²) >= 11 is 0. The standard InChI is InChI=1S/C39H39NO4/c1-38(2,3)28-21-23(22-29(36(28)42)39(4,5)6)11-10-20-44-31-15-9-13-25-17-19-30(40-34(25)31)33-35(41)27-18-16-24-12-7-8-14-26(24)32(27)37(33)43/h7-9,12-19,21-22,33,42H,10-11,20H2,1-6H3. The van der Waals surface area contributed by atoms with Crippen LogP contribution >= 0.6 is 0 Å². The molecule has 1 aliphatic rings. The topological polar surface area (TPSA) is 76.5 Å². The molecule has 0 amide bonds. The zero-order valence-corrected chi connectivity index (χ0v) is 26.3. The lowest BCUT2D eigenvalue weighted by Crippen LogP contribution is -2.18. The number of aromatic hydroxyl groups is 1. The molecule has 1 heterocycles. The van der Waals surface area contributed by atoms with Gasteiger partial charge in [0.1, 0.15) is 22.9 Å². The van der Waals surface area contributed by atoms with E-state index in [4.69, 9.17) is 9.72 Å². The van der Waals surface area contributed by atoms with Crippen LogP contribution in [-0.2, 0) is 17.3 Å². The summed E-state index contributed by atoms with van der Waals surface area (Å²) in [6.45, 7) is 13.2. The molecular formula is C39H39NO4. The summed E-state index contributed by atoms with van der Waals surface area (Å²) < 4.78 is 6.27. The largest absolute Gasteiger partial charge is 0.507 e. The molecule has 1 unspecified atom stereocenters. The average molecular weight is 586 g/mol. The highest BCUT2D eigenvalue weighted by Gasteiger charge is 2.41. The minimum absolute atomic E-state index is 0.181. The first-order valence-corrected chi connectivity index (χ1v) is 15.3. The summed E-state index contributed by atoms with van der Waals surface area (Å²) in [5, 5.41) is 13.7. The van der Waals surface area contributed by atoms with E-state index in [1.54, 1.807) is 12.1 Å². The second-order valence-corrected chi connectivity index (χ2v) is 13.9. The Labute approximate surface area is 258 Å². The number of Topliss-reactive ketones (excluding diaryl/α,β-unsaturated/α-hetero) is 2. The molecule has 0 fully saturated rings. The molecule has 5 heteroatoms. The zero-order valence-electron chi connectivity index (χ0n) is 26.3. The van der Waals surface area contributed by atoms with Crippen molar-refractivity contribution in [1.29, 1.82) is 0 Å². The van der Waals surface area contributed by atoms with Crippen molar-refractivity contribution < 1.29 is 19.4 Å². The molecule has 0 saturated carbocycles. The molecule has 0 bridgehead atoms. The number of carbonyl (C=O) groups is 2. The predicted molar refractivity (Wildman–Crippen MR) is 176 cm³/mol. The summed E-state index contributed by atoms with van der Waals surface area (Å²) in [6.07, 6.45) is 1.57. The van der Waals surface area contributed by atoms with Crippen LogP contribution in [0.5, 0.6) is 11.5 Å². The first-order valence-electron chi connectivity index (χ1n) is 15.3. The highest BCUT2D eigenvalue weighted by atomic mass is 16.5. The Kier molecular flexibility index (Phi) is 7.31. The van der Waals surface area contributed by atoms with E-state index in [2.05, 4.69) is 53.7 Å². The molecule has 5 aromatic rings. The van der Waals surface area contributed by atoms with E-state index in [-0.39, 0.29) is 22.4 Å². The SMILES string of the molecule is CC(C)(C)c1cc(CCCOc2cccc3ccc(C4C(=O)c5ccc6ccccc6c5C4=O)nc23)cc(C(C)(C)C)c1O. The first kappa shape index (κ1) is 29.6. The summed E-state index contributed by atoms with van der Waals surface area (Å²) in [4.78, 5) is 32.0. The van der Waals surface area contributed by atoms with Gasteiger partial charge < -0.3 is 9.84 Å². The summed E-state index contributed by atoms with van der Waals surface area (Å²) in [5.74, 6) is -0.360. The number of hydrogen-bond acceptors (Lipinski definition) is 5. The van der Waals surface area contributed by atoms with Crippen LogP contribution in [0, 0.1) is 0 Å². The van der Waals surface area contributed by atoms with Crippen molar-refractivity contribution in [2.24, 2.45) is 0 Å². The van der Waals surface area contributed by atoms with Crippen molar-refractivity contribution in [3.05, 3.63) is 112 Å². The Morgan fingerprint density at radius 1 is 0.773 bits per heavy atom. The van der Waals surface area contributed by atoms with E-state index in [0.29, 0.717) is 40.4 Å². The minimum Gasteiger partial charge on any atom is -0.507 e. The fourth-order valence-electron chi connectivity index (χ4n) is 6.28. The Hall–Kier alpha value is -4.51. The molecule has 1 atom stereocenters. The lowest BCUT2D eigenvalue weighted by molar-refractivity contribution is 0.0888. The normalized spacial score (nSPS) is 15.3. The molecule has 0 aliphatic heterocycles. The van der Waals surface area contributed by atoms with Crippen LogP contribution in [-0.4, -0.2) is 28.3 Å². The van der Waals surface area contributed by atoms with Gasteiger partial charge in [0.15, 0.2) is 11.6 Å². The van der Waals surface area contributed by atoms with E-state index in [0.717, 1.165) is 40.1 Å². The van der Waals surface area contributed by atoms with Gasteiger partial charge in [-0.15, -0.1) is 0 Å². The minimum atomic E-state index is -0.961. The number of nitrogens with zero attached hydrogens (tertiary/aromatic N) is 1. The number of carbonyl (C=O) groups excluding carboxylic acids is 2. The van der Waals surface area contributed by atoms with Crippen LogP contribution in [0.3, 0.4) is 0 Å². The molecule has 1 N–H and O–H groups in total. The molecule has 4 aromatic carbocycles. The van der Waals surface area contributed by atoms with Gasteiger partial charge in [-0.2, -0.15) is 0 Å². The Bertz CT molecular complexity index is 1910. The number of ether oxygens (including phenoxy) is 1. The lowest BCUT2D eigenvalue weighted by Gasteiger charge is -2.28. The number of hydrogen-bond donors (Lipinski definition) is 1. The van der Waals surface area contributed by atoms with Gasteiger partial charge in [-0.1, -0.05) is 102 Å². The van der Waals surface area contributed by atoms with Crippen molar-refractivity contribution in [1.82, 2.24) is 4.98 Å². The predicted octanol–water partition coefficient (Wildman–Crippen LogP) is 8.86. The zero-order chi connectivity index (χ0) is 31.4. The average Bonchev–Trinajstić information content (AvgIpc) is 3.24. The number of benzene rings is 4. The van der Waals surface area contributed by atoms with Crippen molar-refractivity contribution in [3.63, 3.8) is 0 Å². The molecule has 0 spiro atoms. The third-order valence-corrected chi connectivity index (χ3v) is 8.62. The maximum Gasteiger partial charge on any atom is 0.181 e. The molecule has 0 radical (unpaired) electrons. The smallest absolute Gasteiger partial charge is 0.181 e. The number of rotatable bonds is 6. The number of phenolic OH excluding ortho intramolecular Hbond substituents is 1. The molecule has 1 aliphatic carbocycles. The fraction of sp³-hybridized carbons (Fsp3) is 0.308. The van der Waals surface area contributed by atoms with Crippen molar-refractivity contribution in [2.75, 3.05) is 6.61 Å². The van der Waals surface area contributed by atoms with E-state index >= 15 is 0 Å². The highest BCUT2D eigenvalue weighted by molar-refractivity contribution is 6.33. The molecule has 1 aromatic heterocycles. The second-order valence-electron chi connectivity index (χ2n) is 13.9. The number of aryl methyl sites for hydroxylation is 1. The molecular weight excluding hydrogens is 546 g/mol. The van der Waals surface area contributed by atoms with E-state index in [1.165, 1.54) is 5.56 Å². The summed E-state index contributed by atoms with van der Waals surface area (Å²) in [5.41, 5.74) is 4.75. The molecule has 0 saturated heterocycles. The van der Waals surface area contributed by atoms with Gasteiger partial charge in [-0.05, 0) is 69.3 Å². The molecule has 44 heavy (non-hydrogen) atoms. The van der Waals surface area contributed by atoms with Crippen LogP contribution in [0.2, 0.25) is 0 Å². The van der Waals surface area contributed by atoms with Crippen molar-refractivity contribution in [2.45, 2.75) is 71.1 Å². The maximum atomic E-state index is 13.7. The van der Waals surface area contributed by atoms with E-state index in [9.17, 15) is 14.7 Å². The molecule has 5 nitrogen and oxygen atoms in total. The van der Waals surface area contributed by atoms with Gasteiger partial charge >= 0.3 is 0 Å². The summed E-state index contributed by atoms with van der Waals surface area (Å²) in [6, 6.07) is 25.0. The number of aromatic nitrogens is 1. The maximum absolute atomic E-state index is 13.7. The monoisotopic (exact) mass is 585 g/mol. The number of phenols is 1.